The Labute approximate surface area is 69.8 Å². The molecule has 0 saturated heterocycles. The van der Waals surface area contributed by atoms with Crippen LogP contribution < -0.4 is 0 Å². The van der Waals surface area contributed by atoms with Crippen molar-refractivity contribution in [3.63, 3.8) is 0 Å². The molecule has 0 fully saturated rings. The van der Waals surface area contributed by atoms with Crippen molar-refractivity contribution in [2.24, 2.45) is 0 Å². The zero-order chi connectivity index (χ0) is 9.19. The number of furan rings is 1. The minimum Gasteiger partial charge on any atom is -0.479 e. The summed E-state index contributed by atoms with van der Waals surface area (Å²) in [6.45, 7) is 1.44. The van der Waals surface area contributed by atoms with E-state index >= 15 is 0 Å². The van der Waals surface area contributed by atoms with Crippen molar-refractivity contribution in [3.8, 4) is 0 Å². The maximum atomic E-state index is 10.8. The van der Waals surface area contributed by atoms with Gasteiger partial charge in [0.1, 0.15) is 5.76 Å². The molecule has 0 bridgehead atoms. The van der Waals surface area contributed by atoms with Crippen molar-refractivity contribution in [3.05, 3.63) is 24.2 Å². The summed E-state index contributed by atoms with van der Waals surface area (Å²) in [7, 11) is 1.33. The van der Waals surface area contributed by atoms with Crippen LogP contribution in [0.5, 0.6) is 0 Å². The Morgan fingerprint density at radius 2 is 2.42 bits per heavy atom. The van der Waals surface area contributed by atoms with Gasteiger partial charge in [0.15, 0.2) is 0 Å². The van der Waals surface area contributed by atoms with Crippen molar-refractivity contribution in [2.45, 2.75) is 12.5 Å². The van der Waals surface area contributed by atoms with Gasteiger partial charge in [0.25, 0.3) is 0 Å². The van der Waals surface area contributed by atoms with E-state index in [0.29, 0.717) is 0 Å². The van der Waals surface area contributed by atoms with Gasteiger partial charge in [-0.1, -0.05) is 0 Å². The summed E-state index contributed by atoms with van der Waals surface area (Å²) in [5.74, 6) is -0.780. The predicted octanol–water partition coefficient (Wildman–Crippen LogP) is 1.23. The van der Waals surface area contributed by atoms with Crippen LogP contribution in [0.15, 0.2) is 22.8 Å². The molecule has 1 aromatic heterocycles. The Morgan fingerprint density at radius 1 is 1.75 bits per heavy atom. The van der Waals surface area contributed by atoms with Gasteiger partial charge in [0.2, 0.25) is 5.60 Å². The first kappa shape index (κ1) is 8.80. The molecule has 4 nitrogen and oxygen atoms in total. The van der Waals surface area contributed by atoms with E-state index in [4.69, 9.17) is 14.3 Å². The van der Waals surface area contributed by atoms with Gasteiger partial charge in [-0.2, -0.15) is 0 Å². The number of methoxy groups -OCH3 is 1. The Kier molecular flexibility index (Phi) is 2.19. The molecular formula is C8H10O4. The Hall–Kier alpha value is -1.29. The lowest BCUT2D eigenvalue weighted by Crippen LogP contribution is -2.33. The zero-order valence-corrected chi connectivity index (χ0v) is 6.90. The number of carboxylic acid groups (broad SMARTS) is 1. The fourth-order valence-corrected chi connectivity index (χ4v) is 0.843. The normalized spacial score (nSPS) is 15.5. The number of aliphatic carboxylic acids is 1. The lowest BCUT2D eigenvalue weighted by atomic mass is 10.0. The van der Waals surface area contributed by atoms with Gasteiger partial charge < -0.3 is 14.3 Å². The predicted molar refractivity (Wildman–Crippen MR) is 40.7 cm³/mol. The van der Waals surface area contributed by atoms with Crippen LogP contribution in [0, 0.1) is 0 Å². The highest BCUT2D eigenvalue weighted by Gasteiger charge is 2.37. The van der Waals surface area contributed by atoms with Crippen molar-refractivity contribution >= 4 is 5.97 Å². The summed E-state index contributed by atoms with van der Waals surface area (Å²) in [5, 5.41) is 8.82. The minimum absolute atomic E-state index is 0.289. The first-order chi connectivity index (χ1) is 5.61. The van der Waals surface area contributed by atoms with Crippen LogP contribution >= 0.6 is 0 Å². The van der Waals surface area contributed by atoms with Gasteiger partial charge in [0.05, 0.1) is 6.26 Å². The molecule has 1 N–H and O–H groups in total. The minimum atomic E-state index is -1.39. The average molecular weight is 170 g/mol. The molecule has 0 amide bonds. The van der Waals surface area contributed by atoms with Crippen LogP contribution in [0.3, 0.4) is 0 Å². The fraction of sp³-hybridized carbons (Fsp3) is 0.375. The largest absolute Gasteiger partial charge is 0.479 e. The third kappa shape index (κ3) is 1.21. The molecule has 0 aliphatic rings. The lowest BCUT2D eigenvalue weighted by molar-refractivity contribution is -0.163. The Balaban J connectivity index is 3.04. The standard InChI is InChI=1S/C8H10O4/c1-8(11-2,7(9)10)6-4-3-5-12-6/h3-5H,1-2H3,(H,9,10). The van der Waals surface area contributed by atoms with E-state index < -0.39 is 11.6 Å². The topological polar surface area (TPSA) is 59.7 Å². The second kappa shape index (κ2) is 2.98. The van der Waals surface area contributed by atoms with Gasteiger partial charge in [0, 0.05) is 7.11 Å². The molecule has 1 rings (SSSR count). The molecule has 0 aliphatic carbocycles. The molecule has 66 valence electrons. The van der Waals surface area contributed by atoms with Crippen LogP contribution in [0.2, 0.25) is 0 Å². The van der Waals surface area contributed by atoms with Crippen molar-refractivity contribution in [2.75, 3.05) is 7.11 Å². The highest BCUT2D eigenvalue weighted by Crippen LogP contribution is 2.24. The molecule has 12 heavy (non-hydrogen) atoms. The summed E-state index contributed by atoms with van der Waals surface area (Å²) < 4.78 is 9.80. The number of hydrogen-bond acceptors (Lipinski definition) is 3. The van der Waals surface area contributed by atoms with E-state index in [0.717, 1.165) is 0 Å². The third-order valence-electron chi connectivity index (χ3n) is 1.81. The van der Waals surface area contributed by atoms with E-state index in [2.05, 4.69) is 0 Å². The van der Waals surface area contributed by atoms with E-state index in [9.17, 15) is 4.79 Å². The summed E-state index contributed by atoms with van der Waals surface area (Å²) >= 11 is 0. The highest BCUT2D eigenvalue weighted by atomic mass is 16.5. The Bertz CT molecular complexity index is 265. The molecule has 0 aliphatic heterocycles. The molecule has 4 heteroatoms. The molecule has 0 saturated carbocycles. The summed E-state index contributed by atoms with van der Waals surface area (Å²) in [5.41, 5.74) is -1.39. The summed E-state index contributed by atoms with van der Waals surface area (Å²) in [6.07, 6.45) is 1.41. The SMILES string of the molecule is COC(C)(C(=O)O)c1ccco1. The number of carboxylic acids is 1. The van der Waals surface area contributed by atoms with Crippen molar-refractivity contribution < 1.29 is 19.1 Å². The number of hydrogen-bond donors (Lipinski definition) is 1. The van der Waals surface area contributed by atoms with Gasteiger partial charge >= 0.3 is 5.97 Å². The molecular weight excluding hydrogens is 160 g/mol. The van der Waals surface area contributed by atoms with Crippen LogP contribution in [-0.2, 0) is 15.1 Å². The van der Waals surface area contributed by atoms with Gasteiger partial charge in [-0.15, -0.1) is 0 Å². The van der Waals surface area contributed by atoms with Gasteiger partial charge in [-0.25, -0.2) is 4.79 Å². The quantitative estimate of drug-likeness (QED) is 0.741. The van der Waals surface area contributed by atoms with E-state index in [1.807, 2.05) is 0 Å². The first-order valence-corrected chi connectivity index (χ1v) is 3.44. The molecule has 0 spiro atoms. The Morgan fingerprint density at radius 3 is 2.75 bits per heavy atom. The van der Waals surface area contributed by atoms with Crippen LogP contribution in [0.4, 0.5) is 0 Å². The first-order valence-electron chi connectivity index (χ1n) is 3.44. The van der Waals surface area contributed by atoms with Gasteiger partial charge in [-0.05, 0) is 19.1 Å². The molecule has 1 unspecified atom stereocenters. The lowest BCUT2D eigenvalue weighted by Gasteiger charge is -2.19. The van der Waals surface area contributed by atoms with Crippen LogP contribution in [0.1, 0.15) is 12.7 Å². The second-order valence-corrected chi connectivity index (χ2v) is 2.52. The average Bonchev–Trinajstić information content (AvgIpc) is 2.54. The maximum absolute atomic E-state index is 10.8. The number of ether oxygens (including phenoxy) is 1. The van der Waals surface area contributed by atoms with E-state index in [1.54, 1.807) is 12.1 Å². The monoisotopic (exact) mass is 170 g/mol. The molecule has 1 atom stereocenters. The third-order valence-corrected chi connectivity index (χ3v) is 1.81. The highest BCUT2D eigenvalue weighted by molar-refractivity contribution is 5.77. The smallest absolute Gasteiger partial charge is 0.343 e. The maximum Gasteiger partial charge on any atom is 0.343 e. The van der Waals surface area contributed by atoms with Crippen molar-refractivity contribution in [1.82, 2.24) is 0 Å². The zero-order valence-electron chi connectivity index (χ0n) is 6.90. The fourth-order valence-electron chi connectivity index (χ4n) is 0.843. The van der Waals surface area contributed by atoms with E-state index in [-0.39, 0.29) is 5.76 Å². The number of carbonyl (C=O) groups is 1. The molecule has 0 radical (unpaired) electrons. The van der Waals surface area contributed by atoms with Gasteiger partial charge in [-0.3, -0.25) is 0 Å². The van der Waals surface area contributed by atoms with Crippen molar-refractivity contribution in [1.29, 1.82) is 0 Å². The molecule has 1 heterocycles. The molecule has 0 aromatic carbocycles. The number of rotatable bonds is 3. The van der Waals surface area contributed by atoms with Crippen LogP contribution in [-0.4, -0.2) is 18.2 Å². The van der Waals surface area contributed by atoms with Crippen LogP contribution in [0.25, 0.3) is 0 Å². The summed E-state index contributed by atoms with van der Waals surface area (Å²) in [6, 6.07) is 3.19. The second-order valence-electron chi connectivity index (χ2n) is 2.52. The molecule has 1 aromatic rings. The van der Waals surface area contributed by atoms with E-state index in [1.165, 1.54) is 20.3 Å². The summed E-state index contributed by atoms with van der Waals surface area (Å²) in [4.78, 5) is 10.8.